The molecule has 0 bridgehead atoms. The van der Waals surface area contributed by atoms with Gasteiger partial charge in [0.05, 0.1) is 0 Å². The highest BCUT2D eigenvalue weighted by Crippen LogP contribution is 2.04. The lowest BCUT2D eigenvalue weighted by Crippen LogP contribution is -2.18. The van der Waals surface area contributed by atoms with Crippen LogP contribution in [0.5, 0.6) is 0 Å². The number of aromatic nitrogens is 4. The molecule has 0 aliphatic rings. The van der Waals surface area contributed by atoms with E-state index in [0.29, 0.717) is 5.78 Å². The predicted octanol–water partition coefficient (Wildman–Crippen LogP) is -0.0480. The van der Waals surface area contributed by atoms with Crippen molar-refractivity contribution in [2.24, 2.45) is 0 Å². The largest absolute Gasteiger partial charge is 0.304 e. The highest BCUT2D eigenvalue weighted by Gasteiger charge is 2.14. The summed E-state index contributed by atoms with van der Waals surface area (Å²) in [6.07, 6.45) is 1.53. The predicted molar refractivity (Wildman–Crippen MR) is 53.3 cm³/mol. The molecule has 0 atom stereocenters. The summed E-state index contributed by atoms with van der Waals surface area (Å²) in [5, 5.41) is 14.2. The van der Waals surface area contributed by atoms with E-state index in [1.807, 2.05) is 25.2 Å². The summed E-state index contributed by atoms with van der Waals surface area (Å²) in [7, 11) is 0. The van der Waals surface area contributed by atoms with Crippen LogP contribution in [-0.4, -0.2) is 25.5 Å². The monoisotopic (exact) mass is 216 g/mol. The highest BCUT2D eigenvalue weighted by molar-refractivity contribution is 5.91. The van der Waals surface area contributed by atoms with Crippen molar-refractivity contribution in [1.29, 1.82) is 5.26 Å². The van der Waals surface area contributed by atoms with Crippen molar-refractivity contribution in [3.05, 3.63) is 23.3 Å². The van der Waals surface area contributed by atoms with Gasteiger partial charge in [-0.05, 0) is 19.9 Å². The molecular formula is C9H8N6O. The third-order valence-electron chi connectivity index (χ3n) is 1.99. The molecule has 0 unspecified atom stereocenters. The van der Waals surface area contributed by atoms with Gasteiger partial charge in [-0.1, -0.05) is 0 Å². The molecule has 2 heterocycles. The first kappa shape index (κ1) is 10.0. The molecule has 1 amide bonds. The Morgan fingerprint density at radius 2 is 2.25 bits per heavy atom. The molecule has 0 spiro atoms. The maximum Gasteiger partial charge on any atom is 0.304 e. The van der Waals surface area contributed by atoms with Gasteiger partial charge in [0.2, 0.25) is 5.82 Å². The number of nitriles is 1. The maximum atomic E-state index is 11.3. The van der Waals surface area contributed by atoms with Gasteiger partial charge in [0.25, 0.3) is 5.78 Å². The highest BCUT2D eigenvalue weighted by atomic mass is 16.2. The normalized spacial score (nSPS) is 10.1. The Bertz CT molecular complexity index is 608. The van der Waals surface area contributed by atoms with Crippen LogP contribution < -0.4 is 5.32 Å². The van der Waals surface area contributed by atoms with Crippen LogP contribution in [0.1, 0.15) is 22.0 Å². The molecule has 80 valence electrons. The molecule has 2 rings (SSSR count). The van der Waals surface area contributed by atoms with Crippen LogP contribution in [0.15, 0.2) is 6.07 Å². The molecule has 0 radical (unpaired) electrons. The first-order valence-corrected chi connectivity index (χ1v) is 4.52. The zero-order valence-electron chi connectivity index (χ0n) is 8.72. The number of rotatable bonds is 1. The molecule has 0 saturated heterocycles. The standard InChI is InChI=1S/C9H8N6O/c1-5-3-6(2)15-9(12-5)13-7(14-15)8(16)11-4-10/h3H,1-2H3,(H,11,16). The maximum absolute atomic E-state index is 11.3. The molecular weight excluding hydrogens is 208 g/mol. The van der Waals surface area contributed by atoms with Crippen LogP contribution in [0.2, 0.25) is 0 Å². The zero-order chi connectivity index (χ0) is 11.7. The van der Waals surface area contributed by atoms with Gasteiger partial charge in [0.15, 0.2) is 6.19 Å². The van der Waals surface area contributed by atoms with Gasteiger partial charge in [0, 0.05) is 11.4 Å². The number of fused-ring (bicyclic) bond motifs is 1. The Labute approximate surface area is 90.7 Å². The molecule has 2 aromatic heterocycles. The number of hydrogen-bond donors (Lipinski definition) is 1. The van der Waals surface area contributed by atoms with Gasteiger partial charge in [0.1, 0.15) is 0 Å². The third-order valence-corrected chi connectivity index (χ3v) is 1.99. The topological polar surface area (TPSA) is 96.0 Å². The lowest BCUT2D eigenvalue weighted by Gasteiger charge is -1.97. The van der Waals surface area contributed by atoms with Crippen molar-refractivity contribution in [1.82, 2.24) is 24.9 Å². The third kappa shape index (κ3) is 1.56. The fourth-order valence-electron chi connectivity index (χ4n) is 1.37. The number of amides is 1. The molecule has 7 heteroatoms. The molecule has 0 aromatic carbocycles. The number of hydrogen-bond acceptors (Lipinski definition) is 5. The average Bonchev–Trinajstić information content (AvgIpc) is 2.62. The van der Waals surface area contributed by atoms with Gasteiger partial charge in [-0.3, -0.25) is 10.1 Å². The summed E-state index contributed by atoms with van der Waals surface area (Å²) in [6.45, 7) is 3.67. The van der Waals surface area contributed by atoms with Gasteiger partial charge < -0.3 is 0 Å². The first-order valence-electron chi connectivity index (χ1n) is 4.52. The Hall–Kier alpha value is -2.49. The summed E-state index contributed by atoms with van der Waals surface area (Å²) >= 11 is 0. The number of carbonyl (C=O) groups excluding carboxylic acids is 1. The SMILES string of the molecule is Cc1cc(C)n2nc(C(=O)NC#N)nc2n1. The van der Waals surface area contributed by atoms with Crippen molar-refractivity contribution in [3.63, 3.8) is 0 Å². The fraction of sp³-hybridized carbons (Fsp3) is 0.222. The van der Waals surface area contributed by atoms with E-state index in [9.17, 15) is 4.79 Å². The first-order chi connectivity index (χ1) is 7.61. The summed E-state index contributed by atoms with van der Waals surface area (Å²) in [4.78, 5) is 19.4. The molecule has 16 heavy (non-hydrogen) atoms. The summed E-state index contributed by atoms with van der Waals surface area (Å²) in [6, 6.07) is 1.83. The molecule has 2 aromatic rings. The number of nitrogens with zero attached hydrogens (tertiary/aromatic N) is 5. The summed E-state index contributed by atoms with van der Waals surface area (Å²) in [5.74, 6) is -0.353. The number of carbonyl (C=O) groups is 1. The summed E-state index contributed by atoms with van der Waals surface area (Å²) in [5.41, 5.74) is 1.62. The Kier molecular flexibility index (Phi) is 2.25. The van der Waals surface area contributed by atoms with Crippen LogP contribution in [0.25, 0.3) is 5.78 Å². The van der Waals surface area contributed by atoms with Crippen molar-refractivity contribution in [2.75, 3.05) is 0 Å². The Morgan fingerprint density at radius 1 is 1.50 bits per heavy atom. The van der Waals surface area contributed by atoms with E-state index in [1.165, 1.54) is 10.7 Å². The van der Waals surface area contributed by atoms with E-state index >= 15 is 0 Å². The van der Waals surface area contributed by atoms with Gasteiger partial charge in [-0.25, -0.2) is 9.50 Å². The van der Waals surface area contributed by atoms with Gasteiger partial charge in [-0.15, -0.1) is 5.10 Å². The van der Waals surface area contributed by atoms with Crippen molar-refractivity contribution >= 4 is 11.7 Å². The number of nitrogens with one attached hydrogen (secondary N) is 1. The molecule has 0 aliphatic heterocycles. The molecule has 0 saturated carbocycles. The fourth-order valence-corrected chi connectivity index (χ4v) is 1.37. The second-order valence-electron chi connectivity index (χ2n) is 3.25. The average molecular weight is 216 g/mol. The van der Waals surface area contributed by atoms with E-state index in [0.717, 1.165) is 11.4 Å². The minimum absolute atomic E-state index is 0.0669. The van der Waals surface area contributed by atoms with E-state index in [2.05, 4.69) is 15.1 Å². The van der Waals surface area contributed by atoms with Crippen LogP contribution in [0, 0.1) is 25.3 Å². The van der Waals surface area contributed by atoms with Gasteiger partial charge in [-0.2, -0.15) is 10.2 Å². The van der Waals surface area contributed by atoms with Crippen LogP contribution in [-0.2, 0) is 0 Å². The Morgan fingerprint density at radius 3 is 2.94 bits per heavy atom. The molecule has 1 N–H and O–H groups in total. The second kappa shape index (κ2) is 3.58. The van der Waals surface area contributed by atoms with Gasteiger partial charge >= 0.3 is 5.91 Å². The van der Waals surface area contributed by atoms with E-state index in [1.54, 1.807) is 0 Å². The lowest BCUT2D eigenvalue weighted by atomic mass is 10.4. The number of aryl methyl sites for hydroxylation is 2. The minimum Gasteiger partial charge on any atom is -0.264 e. The quantitative estimate of drug-likeness (QED) is 0.532. The zero-order valence-corrected chi connectivity index (χ0v) is 8.72. The van der Waals surface area contributed by atoms with E-state index in [4.69, 9.17) is 5.26 Å². The minimum atomic E-state index is -0.634. The van der Waals surface area contributed by atoms with Crippen molar-refractivity contribution in [2.45, 2.75) is 13.8 Å². The van der Waals surface area contributed by atoms with E-state index < -0.39 is 5.91 Å². The Balaban J connectivity index is 2.57. The second-order valence-corrected chi connectivity index (χ2v) is 3.25. The van der Waals surface area contributed by atoms with Crippen LogP contribution in [0.3, 0.4) is 0 Å². The van der Waals surface area contributed by atoms with Crippen LogP contribution >= 0.6 is 0 Å². The summed E-state index contributed by atoms with van der Waals surface area (Å²) < 4.78 is 1.46. The molecule has 7 nitrogen and oxygen atoms in total. The van der Waals surface area contributed by atoms with E-state index in [-0.39, 0.29) is 5.82 Å². The smallest absolute Gasteiger partial charge is 0.264 e. The molecule has 0 fully saturated rings. The van der Waals surface area contributed by atoms with Crippen LogP contribution in [0.4, 0.5) is 0 Å². The van der Waals surface area contributed by atoms with Crippen molar-refractivity contribution in [3.8, 4) is 6.19 Å². The van der Waals surface area contributed by atoms with Crippen molar-refractivity contribution < 1.29 is 4.79 Å². The molecule has 0 aliphatic carbocycles. The lowest BCUT2D eigenvalue weighted by molar-refractivity contribution is 0.0963.